The van der Waals surface area contributed by atoms with Crippen LogP contribution in [0, 0.1) is 12.8 Å². The highest BCUT2D eigenvalue weighted by Crippen LogP contribution is 2.28. The molecule has 0 radical (unpaired) electrons. The van der Waals surface area contributed by atoms with Crippen LogP contribution in [0.1, 0.15) is 29.2 Å². The number of nitrogens with one attached hydrogen (secondary N) is 1. The first-order valence-electron chi connectivity index (χ1n) is 7.09. The van der Waals surface area contributed by atoms with Crippen LogP contribution in [0.15, 0.2) is 6.07 Å². The molecule has 2 atom stereocenters. The summed E-state index contributed by atoms with van der Waals surface area (Å²) in [5.74, 6) is 1.17. The monoisotopic (exact) mass is 276 g/mol. The Morgan fingerprint density at radius 1 is 1.45 bits per heavy atom. The Kier molecular flexibility index (Phi) is 3.56. The van der Waals surface area contributed by atoms with E-state index in [4.69, 9.17) is 4.74 Å². The molecule has 1 aromatic heterocycles. The Morgan fingerprint density at radius 3 is 3.05 bits per heavy atom. The van der Waals surface area contributed by atoms with Crippen molar-refractivity contribution in [2.24, 2.45) is 5.92 Å². The summed E-state index contributed by atoms with van der Waals surface area (Å²) in [5.41, 5.74) is 0.790. The molecule has 2 unspecified atom stereocenters. The number of esters is 1. The first-order valence-corrected chi connectivity index (χ1v) is 7.09. The second-order valence-corrected chi connectivity index (χ2v) is 5.55. The van der Waals surface area contributed by atoms with Crippen molar-refractivity contribution in [3.63, 3.8) is 0 Å². The third kappa shape index (κ3) is 2.47. The van der Waals surface area contributed by atoms with Crippen LogP contribution in [-0.2, 0) is 4.74 Å². The second-order valence-electron chi connectivity index (χ2n) is 5.55. The average Bonchev–Trinajstić information content (AvgIpc) is 2.89. The zero-order valence-electron chi connectivity index (χ0n) is 11.9. The highest BCUT2D eigenvalue weighted by molar-refractivity contribution is 5.85. The third-order valence-corrected chi connectivity index (χ3v) is 4.13. The van der Waals surface area contributed by atoms with Crippen LogP contribution in [0.4, 0.5) is 5.82 Å². The lowest BCUT2D eigenvalue weighted by atomic mass is 9.94. The van der Waals surface area contributed by atoms with Crippen LogP contribution >= 0.6 is 0 Å². The first kappa shape index (κ1) is 13.3. The minimum Gasteiger partial charge on any atom is -0.463 e. The number of piperidine rings is 1. The lowest BCUT2D eigenvalue weighted by Crippen LogP contribution is -2.40. The van der Waals surface area contributed by atoms with E-state index in [-0.39, 0.29) is 5.82 Å². The van der Waals surface area contributed by atoms with Gasteiger partial charge in [-0.05, 0) is 32.2 Å². The largest absolute Gasteiger partial charge is 0.463 e. The molecule has 0 spiro atoms. The summed E-state index contributed by atoms with van der Waals surface area (Å²) >= 11 is 0. The first-order chi connectivity index (χ1) is 9.67. The number of aromatic nitrogens is 2. The normalized spacial score (nSPS) is 25.4. The standard InChI is InChI=1S/C14H20N4O2/c1-9-6-12(17-13(16-9)14(19)20-2)18-7-10-4-3-5-15-11(10)8-18/h6,10-11,15H,3-5,7-8H2,1-2H3. The molecule has 108 valence electrons. The van der Waals surface area contributed by atoms with E-state index in [0.717, 1.165) is 31.1 Å². The highest BCUT2D eigenvalue weighted by Gasteiger charge is 2.35. The van der Waals surface area contributed by atoms with E-state index < -0.39 is 5.97 Å². The molecule has 0 amide bonds. The van der Waals surface area contributed by atoms with Crippen molar-refractivity contribution in [3.8, 4) is 0 Å². The Morgan fingerprint density at radius 2 is 2.30 bits per heavy atom. The molecule has 2 aliphatic heterocycles. The highest BCUT2D eigenvalue weighted by atomic mass is 16.5. The molecule has 0 aromatic carbocycles. The topological polar surface area (TPSA) is 67.3 Å². The van der Waals surface area contributed by atoms with Crippen molar-refractivity contribution < 1.29 is 9.53 Å². The fourth-order valence-electron chi connectivity index (χ4n) is 3.13. The Hall–Kier alpha value is -1.69. The summed E-state index contributed by atoms with van der Waals surface area (Å²) < 4.78 is 4.71. The van der Waals surface area contributed by atoms with Crippen LogP contribution in [0.5, 0.6) is 0 Å². The number of rotatable bonds is 2. The van der Waals surface area contributed by atoms with Gasteiger partial charge in [0.05, 0.1) is 7.11 Å². The van der Waals surface area contributed by atoms with E-state index in [9.17, 15) is 4.79 Å². The van der Waals surface area contributed by atoms with Crippen molar-refractivity contribution in [1.82, 2.24) is 15.3 Å². The number of ether oxygens (including phenoxy) is 1. The fraction of sp³-hybridized carbons (Fsp3) is 0.643. The van der Waals surface area contributed by atoms with Gasteiger partial charge >= 0.3 is 5.97 Å². The number of carbonyl (C=O) groups excluding carboxylic acids is 1. The van der Waals surface area contributed by atoms with Crippen LogP contribution in [0.25, 0.3) is 0 Å². The van der Waals surface area contributed by atoms with Gasteiger partial charge in [0, 0.05) is 30.9 Å². The van der Waals surface area contributed by atoms with Crippen LogP contribution in [0.3, 0.4) is 0 Å². The van der Waals surface area contributed by atoms with Gasteiger partial charge in [0.2, 0.25) is 5.82 Å². The van der Waals surface area contributed by atoms with E-state index in [0.29, 0.717) is 12.0 Å². The van der Waals surface area contributed by atoms with Crippen LogP contribution in [0.2, 0.25) is 0 Å². The Labute approximate surface area is 118 Å². The molecule has 2 saturated heterocycles. The van der Waals surface area contributed by atoms with Gasteiger partial charge in [0.25, 0.3) is 0 Å². The Bertz CT molecular complexity index is 506. The van der Waals surface area contributed by atoms with Gasteiger partial charge in [-0.1, -0.05) is 0 Å². The molecule has 6 heteroatoms. The van der Waals surface area contributed by atoms with Crippen molar-refractivity contribution in [1.29, 1.82) is 0 Å². The fourth-order valence-corrected chi connectivity index (χ4v) is 3.13. The SMILES string of the molecule is COC(=O)c1nc(C)cc(N2CC3CCCNC3C2)n1. The molecule has 0 aliphatic carbocycles. The summed E-state index contributed by atoms with van der Waals surface area (Å²) in [5, 5.41) is 3.57. The molecular formula is C14H20N4O2. The molecule has 6 nitrogen and oxygen atoms in total. The second kappa shape index (κ2) is 5.36. The molecule has 3 heterocycles. The van der Waals surface area contributed by atoms with Gasteiger partial charge in [0.1, 0.15) is 5.82 Å². The summed E-state index contributed by atoms with van der Waals surface area (Å²) in [4.78, 5) is 22.3. The van der Waals surface area contributed by atoms with Crippen molar-refractivity contribution >= 4 is 11.8 Å². The number of nitrogens with zero attached hydrogens (tertiary/aromatic N) is 3. The maximum Gasteiger partial charge on any atom is 0.376 e. The van der Waals surface area contributed by atoms with Crippen molar-refractivity contribution in [2.75, 3.05) is 31.6 Å². The molecule has 2 aliphatic rings. The molecule has 0 bridgehead atoms. The van der Waals surface area contributed by atoms with Crippen LogP contribution in [-0.4, -0.2) is 48.7 Å². The smallest absolute Gasteiger partial charge is 0.376 e. The van der Waals surface area contributed by atoms with Gasteiger partial charge in [-0.15, -0.1) is 0 Å². The van der Waals surface area contributed by atoms with E-state index in [1.165, 1.54) is 20.0 Å². The average molecular weight is 276 g/mol. The molecule has 20 heavy (non-hydrogen) atoms. The number of hydrogen-bond acceptors (Lipinski definition) is 6. The summed E-state index contributed by atoms with van der Waals surface area (Å²) in [6.07, 6.45) is 2.51. The lowest BCUT2D eigenvalue weighted by molar-refractivity contribution is 0.0586. The zero-order valence-corrected chi connectivity index (χ0v) is 11.9. The number of anilines is 1. The van der Waals surface area contributed by atoms with Gasteiger partial charge < -0.3 is 15.0 Å². The zero-order chi connectivity index (χ0) is 14.1. The van der Waals surface area contributed by atoms with Gasteiger partial charge in [-0.3, -0.25) is 0 Å². The molecule has 1 N–H and O–H groups in total. The van der Waals surface area contributed by atoms with E-state index in [1.54, 1.807) is 0 Å². The van der Waals surface area contributed by atoms with E-state index >= 15 is 0 Å². The maximum absolute atomic E-state index is 11.6. The minimum absolute atomic E-state index is 0.144. The molecule has 2 fully saturated rings. The number of hydrogen-bond donors (Lipinski definition) is 1. The van der Waals surface area contributed by atoms with Crippen molar-refractivity contribution in [3.05, 3.63) is 17.6 Å². The van der Waals surface area contributed by atoms with Crippen molar-refractivity contribution in [2.45, 2.75) is 25.8 Å². The van der Waals surface area contributed by atoms with E-state index in [2.05, 4.69) is 20.2 Å². The minimum atomic E-state index is -0.482. The van der Waals surface area contributed by atoms with Gasteiger partial charge in [-0.2, -0.15) is 0 Å². The number of aryl methyl sites for hydroxylation is 1. The molecule has 0 saturated carbocycles. The van der Waals surface area contributed by atoms with Crippen LogP contribution < -0.4 is 10.2 Å². The van der Waals surface area contributed by atoms with E-state index in [1.807, 2.05) is 13.0 Å². The third-order valence-electron chi connectivity index (χ3n) is 4.13. The summed E-state index contributed by atoms with van der Waals surface area (Å²) in [6, 6.07) is 2.48. The molecule has 3 rings (SSSR count). The summed E-state index contributed by atoms with van der Waals surface area (Å²) in [7, 11) is 1.35. The number of fused-ring (bicyclic) bond motifs is 1. The quantitative estimate of drug-likeness (QED) is 0.804. The predicted molar refractivity (Wildman–Crippen MR) is 74.8 cm³/mol. The predicted octanol–water partition coefficient (Wildman–Crippen LogP) is 0.760. The molecule has 1 aromatic rings. The Balaban J connectivity index is 1.83. The molecular weight excluding hydrogens is 256 g/mol. The lowest BCUT2D eigenvalue weighted by Gasteiger charge is -2.24. The summed E-state index contributed by atoms with van der Waals surface area (Å²) in [6.45, 7) is 4.92. The van der Waals surface area contributed by atoms with Gasteiger partial charge in [0.15, 0.2) is 0 Å². The number of methoxy groups -OCH3 is 1. The maximum atomic E-state index is 11.6. The number of carbonyl (C=O) groups is 1. The van der Waals surface area contributed by atoms with Gasteiger partial charge in [-0.25, -0.2) is 14.8 Å².